The smallest absolute Gasteiger partial charge is 0.107 e. The van der Waals surface area contributed by atoms with E-state index < -0.39 is 0 Å². The van der Waals surface area contributed by atoms with Gasteiger partial charge in [-0.25, -0.2) is 4.98 Å². The summed E-state index contributed by atoms with van der Waals surface area (Å²) in [5.41, 5.74) is 9.72. The molecule has 0 bridgehead atoms. The molecule has 3 nitrogen and oxygen atoms in total. The van der Waals surface area contributed by atoms with E-state index in [1.54, 1.807) is 0 Å². The van der Waals surface area contributed by atoms with Crippen LogP contribution < -0.4 is 5.73 Å². The molecule has 0 fully saturated rings. The molecule has 0 aliphatic rings. The van der Waals surface area contributed by atoms with Gasteiger partial charge in [-0.2, -0.15) is 0 Å². The van der Waals surface area contributed by atoms with Crippen LogP contribution in [0, 0.1) is 6.92 Å². The first-order valence-electron chi connectivity index (χ1n) is 6.11. The molecule has 1 heterocycles. The van der Waals surface area contributed by atoms with E-state index in [1.165, 1.54) is 0 Å². The van der Waals surface area contributed by atoms with Crippen molar-refractivity contribution < 1.29 is 0 Å². The molecule has 0 radical (unpaired) electrons. The van der Waals surface area contributed by atoms with Crippen LogP contribution in [-0.2, 0) is 6.54 Å². The quantitative estimate of drug-likeness (QED) is 0.724. The van der Waals surface area contributed by atoms with Crippen molar-refractivity contribution in [3.63, 3.8) is 0 Å². The number of aryl methyl sites for hydroxylation is 1. The van der Waals surface area contributed by atoms with Crippen molar-refractivity contribution >= 4 is 28.3 Å². The van der Waals surface area contributed by atoms with E-state index in [4.69, 9.17) is 17.3 Å². The van der Waals surface area contributed by atoms with Crippen LogP contribution in [0.4, 0.5) is 5.69 Å². The largest absolute Gasteiger partial charge is 0.398 e. The van der Waals surface area contributed by atoms with E-state index in [0.29, 0.717) is 10.7 Å². The molecule has 0 spiro atoms. The Labute approximate surface area is 116 Å². The Hall–Kier alpha value is -2.00. The van der Waals surface area contributed by atoms with Crippen LogP contribution in [0.1, 0.15) is 11.4 Å². The average Bonchev–Trinajstić information content (AvgIpc) is 2.71. The Morgan fingerprint density at radius 3 is 2.79 bits per heavy atom. The number of fused-ring (bicyclic) bond motifs is 1. The molecule has 3 rings (SSSR count). The van der Waals surface area contributed by atoms with E-state index in [1.807, 2.05) is 43.3 Å². The second-order valence-corrected chi connectivity index (χ2v) is 5.00. The van der Waals surface area contributed by atoms with Crippen molar-refractivity contribution in [2.75, 3.05) is 5.73 Å². The van der Waals surface area contributed by atoms with Crippen molar-refractivity contribution in [1.29, 1.82) is 0 Å². The number of para-hydroxylation sites is 2. The average molecular weight is 272 g/mol. The molecule has 2 N–H and O–H groups in total. The van der Waals surface area contributed by atoms with Crippen LogP contribution in [0.3, 0.4) is 0 Å². The lowest BCUT2D eigenvalue weighted by atomic mass is 10.2. The third-order valence-corrected chi connectivity index (χ3v) is 3.59. The first-order valence-corrected chi connectivity index (χ1v) is 6.49. The van der Waals surface area contributed by atoms with E-state index in [0.717, 1.165) is 29.0 Å². The molecule has 0 atom stereocenters. The third kappa shape index (κ3) is 2.17. The molecule has 4 heteroatoms. The van der Waals surface area contributed by atoms with Crippen molar-refractivity contribution in [1.82, 2.24) is 9.55 Å². The minimum absolute atomic E-state index is 0.593. The zero-order valence-corrected chi connectivity index (χ0v) is 11.4. The molecule has 0 aliphatic heterocycles. The normalized spacial score (nSPS) is 11.1. The van der Waals surface area contributed by atoms with Gasteiger partial charge in [0.2, 0.25) is 0 Å². The predicted molar refractivity (Wildman–Crippen MR) is 79.4 cm³/mol. The van der Waals surface area contributed by atoms with Crippen LogP contribution in [0.25, 0.3) is 11.0 Å². The van der Waals surface area contributed by atoms with Gasteiger partial charge in [-0.1, -0.05) is 29.8 Å². The molecular weight excluding hydrogens is 258 g/mol. The van der Waals surface area contributed by atoms with Crippen molar-refractivity contribution in [2.24, 2.45) is 0 Å². The van der Waals surface area contributed by atoms with Crippen LogP contribution in [-0.4, -0.2) is 9.55 Å². The van der Waals surface area contributed by atoms with Crippen molar-refractivity contribution in [2.45, 2.75) is 13.5 Å². The van der Waals surface area contributed by atoms with Crippen molar-refractivity contribution in [3.05, 3.63) is 58.9 Å². The summed E-state index contributed by atoms with van der Waals surface area (Å²) in [4.78, 5) is 4.55. The summed E-state index contributed by atoms with van der Waals surface area (Å²) in [6, 6.07) is 13.9. The fraction of sp³-hybridized carbons (Fsp3) is 0.133. The summed E-state index contributed by atoms with van der Waals surface area (Å²) < 4.78 is 2.18. The maximum Gasteiger partial charge on any atom is 0.107 e. The second-order valence-electron chi connectivity index (χ2n) is 4.59. The molecule has 0 aliphatic carbocycles. The Balaban J connectivity index is 2.05. The molecule has 1 aromatic heterocycles. The number of aromatic nitrogens is 2. The minimum Gasteiger partial charge on any atom is -0.398 e. The van der Waals surface area contributed by atoms with Gasteiger partial charge >= 0.3 is 0 Å². The number of rotatable bonds is 2. The van der Waals surface area contributed by atoms with E-state index in [-0.39, 0.29) is 0 Å². The molecule has 2 aromatic carbocycles. The molecule has 0 saturated carbocycles. The molecule has 3 aromatic rings. The van der Waals surface area contributed by atoms with Gasteiger partial charge in [-0.3, -0.25) is 0 Å². The van der Waals surface area contributed by atoms with Crippen LogP contribution in [0.2, 0.25) is 5.02 Å². The highest BCUT2D eigenvalue weighted by molar-refractivity contribution is 6.33. The number of hydrogen-bond donors (Lipinski definition) is 1. The van der Waals surface area contributed by atoms with Gasteiger partial charge in [-0.05, 0) is 36.8 Å². The number of hydrogen-bond acceptors (Lipinski definition) is 2. The zero-order valence-electron chi connectivity index (χ0n) is 10.6. The SMILES string of the molecule is Cc1nc2ccccc2n1Cc1ccc(Cl)c(N)c1. The molecule has 0 saturated heterocycles. The number of anilines is 1. The number of benzene rings is 2. The fourth-order valence-corrected chi connectivity index (χ4v) is 2.39. The highest BCUT2D eigenvalue weighted by atomic mass is 35.5. The van der Waals surface area contributed by atoms with Gasteiger partial charge in [0, 0.05) is 6.54 Å². The van der Waals surface area contributed by atoms with E-state index in [2.05, 4.69) is 15.6 Å². The molecule has 0 amide bonds. The van der Waals surface area contributed by atoms with Crippen LogP contribution in [0.15, 0.2) is 42.5 Å². The summed E-state index contributed by atoms with van der Waals surface area (Å²) >= 11 is 5.94. The standard InChI is InChI=1S/C15H14ClN3/c1-10-18-14-4-2-3-5-15(14)19(10)9-11-6-7-12(16)13(17)8-11/h2-8H,9,17H2,1H3. The number of nitrogens with two attached hydrogens (primary N) is 1. The lowest BCUT2D eigenvalue weighted by Crippen LogP contribution is -2.02. The first-order chi connectivity index (χ1) is 9.15. The number of imidazole rings is 1. The Kier molecular flexibility index (Phi) is 2.91. The fourth-order valence-electron chi connectivity index (χ4n) is 2.27. The first kappa shape index (κ1) is 12.1. The molecule has 19 heavy (non-hydrogen) atoms. The number of nitrogens with zero attached hydrogens (tertiary/aromatic N) is 2. The second kappa shape index (κ2) is 4.59. The maximum atomic E-state index is 5.94. The Bertz CT molecular complexity index is 746. The lowest BCUT2D eigenvalue weighted by Gasteiger charge is -2.08. The molecule has 0 unspecified atom stereocenters. The van der Waals surface area contributed by atoms with Gasteiger partial charge in [0.1, 0.15) is 5.82 Å². The number of halogens is 1. The van der Waals surface area contributed by atoms with E-state index in [9.17, 15) is 0 Å². The third-order valence-electron chi connectivity index (χ3n) is 3.25. The van der Waals surface area contributed by atoms with Gasteiger partial charge < -0.3 is 10.3 Å². The minimum atomic E-state index is 0.593. The predicted octanol–water partition coefficient (Wildman–Crippen LogP) is 3.63. The summed E-state index contributed by atoms with van der Waals surface area (Å²) in [6.45, 7) is 2.76. The highest BCUT2D eigenvalue weighted by Gasteiger charge is 2.07. The highest BCUT2D eigenvalue weighted by Crippen LogP contribution is 2.22. The van der Waals surface area contributed by atoms with Crippen LogP contribution >= 0.6 is 11.6 Å². The number of nitrogen functional groups attached to an aromatic ring is 1. The van der Waals surface area contributed by atoms with Gasteiger partial charge in [-0.15, -0.1) is 0 Å². The lowest BCUT2D eigenvalue weighted by molar-refractivity contribution is 0.786. The Morgan fingerprint density at radius 1 is 1.21 bits per heavy atom. The zero-order chi connectivity index (χ0) is 13.4. The molecule has 96 valence electrons. The topological polar surface area (TPSA) is 43.8 Å². The maximum absolute atomic E-state index is 5.94. The van der Waals surface area contributed by atoms with Gasteiger partial charge in [0.25, 0.3) is 0 Å². The summed E-state index contributed by atoms with van der Waals surface area (Å²) in [5, 5.41) is 0.593. The molecular formula is C15H14ClN3. The van der Waals surface area contributed by atoms with Gasteiger partial charge in [0.15, 0.2) is 0 Å². The monoisotopic (exact) mass is 271 g/mol. The summed E-state index contributed by atoms with van der Waals surface area (Å²) in [7, 11) is 0. The van der Waals surface area contributed by atoms with Crippen molar-refractivity contribution in [3.8, 4) is 0 Å². The van der Waals surface area contributed by atoms with Crippen LogP contribution in [0.5, 0.6) is 0 Å². The summed E-state index contributed by atoms with van der Waals surface area (Å²) in [5.74, 6) is 0.995. The summed E-state index contributed by atoms with van der Waals surface area (Å²) in [6.07, 6.45) is 0. The van der Waals surface area contributed by atoms with Gasteiger partial charge in [0.05, 0.1) is 21.7 Å². The van der Waals surface area contributed by atoms with E-state index >= 15 is 0 Å². The Morgan fingerprint density at radius 2 is 2.00 bits per heavy atom.